The molecule has 1 saturated heterocycles. The molecule has 0 aromatic heterocycles. The standard InChI is InChI=1S/C22H30N2O6/c1-7-29-21(26)30-19-18(17-15(3)12-14(2)13-16(17)4)20(25)24(28-6)22(19)8-10-23(27-5)11-9-22/h12-13H,7-11H2,1-6H3. The smallest absolute Gasteiger partial charge is 0.434 e. The molecule has 8 heteroatoms. The van der Waals surface area contributed by atoms with E-state index in [1.54, 1.807) is 14.0 Å². The summed E-state index contributed by atoms with van der Waals surface area (Å²) in [6.45, 7) is 8.90. The van der Waals surface area contributed by atoms with E-state index in [0.29, 0.717) is 37.3 Å². The highest BCUT2D eigenvalue weighted by Gasteiger charge is 2.57. The van der Waals surface area contributed by atoms with E-state index in [1.807, 2.05) is 38.0 Å². The van der Waals surface area contributed by atoms with Crippen molar-refractivity contribution in [2.45, 2.75) is 46.1 Å². The summed E-state index contributed by atoms with van der Waals surface area (Å²) in [5.41, 5.74) is 3.17. The van der Waals surface area contributed by atoms with Gasteiger partial charge in [0.05, 0.1) is 26.4 Å². The maximum atomic E-state index is 13.6. The van der Waals surface area contributed by atoms with Crippen LogP contribution in [0.15, 0.2) is 17.9 Å². The molecule has 164 valence electrons. The highest BCUT2D eigenvalue weighted by molar-refractivity contribution is 6.23. The third-order valence-electron chi connectivity index (χ3n) is 5.80. The van der Waals surface area contributed by atoms with Gasteiger partial charge < -0.3 is 14.3 Å². The van der Waals surface area contributed by atoms with Crippen molar-refractivity contribution < 1.29 is 28.7 Å². The van der Waals surface area contributed by atoms with Gasteiger partial charge in [-0.15, -0.1) is 0 Å². The van der Waals surface area contributed by atoms with Gasteiger partial charge in [0, 0.05) is 13.1 Å². The third-order valence-corrected chi connectivity index (χ3v) is 5.80. The normalized spacial score (nSPS) is 19.0. The van der Waals surface area contributed by atoms with Gasteiger partial charge in [-0.25, -0.2) is 9.86 Å². The van der Waals surface area contributed by atoms with E-state index in [9.17, 15) is 9.59 Å². The maximum Gasteiger partial charge on any atom is 0.513 e. The van der Waals surface area contributed by atoms with Gasteiger partial charge in [-0.1, -0.05) is 17.7 Å². The van der Waals surface area contributed by atoms with Crippen LogP contribution in [0.2, 0.25) is 0 Å². The van der Waals surface area contributed by atoms with E-state index < -0.39 is 11.7 Å². The molecule has 2 aliphatic rings. The molecule has 0 unspecified atom stereocenters. The molecule has 0 aliphatic carbocycles. The molecule has 30 heavy (non-hydrogen) atoms. The lowest BCUT2D eigenvalue weighted by molar-refractivity contribution is -0.221. The summed E-state index contributed by atoms with van der Waals surface area (Å²) in [6, 6.07) is 4.03. The lowest BCUT2D eigenvalue weighted by Crippen LogP contribution is -2.55. The molecular weight excluding hydrogens is 388 g/mol. The van der Waals surface area contributed by atoms with Gasteiger partial charge in [-0.3, -0.25) is 9.63 Å². The summed E-state index contributed by atoms with van der Waals surface area (Å²) in [7, 11) is 3.07. The highest BCUT2D eigenvalue weighted by Crippen LogP contribution is 2.48. The maximum absolute atomic E-state index is 13.6. The molecule has 1 fully saturated rings. The predicted molar refractivity (Wildman–Crippen MR) is 110 cm³/mol. The first-order valence-electron chi connectivity index (χ1n) is 10.1. The fraction of sp³-hybridized carbons (Fsp3) is 0.545. The topological polar surface area (TPSA) is 77.5 Å². The number of nitrogens with zero attached hydrogens (tertiary/aromatic N) is 2. The van der Waals surface area contributed by atoms with E-state index in [0.717, 1.165) is 22.3 Å². The Morgan fingerprint density at radius 1 is 1.07 bits per heavy atom. The number of aryl methyl sites for hydroxylation is 3. The summed E-state index contributed by atoms with van der Waals surface area (Å²) in [5.74, 6) is -0.0312. The first-order chi connectivity index (χ1) is 14.3. The molecule has 0 bridgehead atoms. The van der Waals surface area contributed by atoms with Crippen molar-refractivity contribution in [1.82, 2.24) is 10.1 Å². The number of carbonyl (C=O) groups excluding carboxylic acids is 2. The molecule has 1 aromatic rings. The zero-order chi connectivity index (χ0) is 22.1. The fourth-order valence-corrected chi connectivity index (χ4v) is 4.62. The molecule has 8 nitrogen and oxygen atoms in total. The van der Waals surface area contributed by atoms with Crippen molar-refractivity contribution >= 4 is 17.6 Å². The summed E-state index contributed by atoms with van der Waals surface area (Å²) in [4.78, 5) is 36.8. The van der Waals surface area contributed by atoms with E-state index in [-0.39, 0.29) is 12.5 Å². The summed E-state index contributed by atoms with van der Waals surface area (Å²) >= 11 is 0. The molecule has 0 saturated carbocycles. The van der Waals surface area contributed by atoms with E-state index >= 15 is 0 Å². The molecule has 0 N–H and O–H groups in total. The molecule has 1 spiro atoms. The number of hydrogen-bond donors (Lipinski definition) is 0. The Kier molecular flexibility index (Phi) is 6.50. The number of ether oxygens (including phenoxy) is 2. The van der Waals surface area contributed by atoms with Crippen molar-refractivity contribution in [2.24, 2.45) is 0 Å². The van der Waals surface area contributed by atoms with Crippen LogP contribution in [0.5, 0.6) is 0 Å². The average molecular weight is 418 g/mol. The van der Waals surface area contributed by atoms with Gasteiger partial charge >= 0.3 is 6.16 Å². The minimum absolute atomic E-state index is 0.177. The average Bonchev–Trinajstić information content (AvgIpc) is 2.90. The van der Waals surface area contributed by atoms with Crippen molar-refractivity contribution in [3.8, 4) is 0 Å². The molecule has 0 atom stereocenters. The monoisotopic (exact) mass is 418 g/mol. The number of hydrogen-bond acceptors (Lipinski definition) is 7. The Morgan fingerprint density at radius 3 is 2.17 bits per heavy atom. The summed E-state index contributed by atoms with van der Waals surface area (Å²) in [6.07, 6.45) is 0.150. The lowest BCUT2D eigenvalue weighted by Gasteiger charge is -2.42. The zero-order valence-corrected chi connectivity index (χ0v) is 18.5. The number of hydroxylamine groups is 4. The first-order valence-corrected chi connectivity index (χ1v) is 10.1. The largest absolute Gasteiger partial charge is 0.513 e. The zero-order valence-electron chi connectivity index (χ0n) is 18.5. The molecule has 1 aromatic carbocycles. The van der Waals surface area contributed by atoms with Crippen molar-refractivity contribution in [3.05, 3.63) is 40.1 Å². The Morgan fingerprint density at radius 2 is 1.67 bits per heavy atom. The Balaban J connectivity index is 2.21. The van der Waals surface area contributed by atoms with Gasteiger partial charge in [-0.2, -0.15) is 5.06 Å². The number of rotatable bonds is 5. The highest BCUT2D eigenvalue weighted by atomic mass is 16.7. The number of piperidine rings is 1. The van der Waals surface area contributed by atoms with Gasteiger partial charge in [0.25, 0.3) is 5.91 Å². The Labute approximate surface area is 177 Å². The van der Waals surface area contributed by atoms with Crippen LogP contribution in [0.3, 0.4) is 0 Å². The van der Waals surface area contributed by atoms with Crippen molar-refractivity contribution in [2.75, 3.05) is 33.9 Å². The van der Waals surface area contributed by atoms with Crippen LogP contribution in [-0.4, -0.2) is 61.6 Å². The summed E-state index contributed by atoms with van der Waals surface area (Å²) in [5, 5.41) is 3.16. The quantitative estimate of drug-likeness (QED) is 0.679. The number of benzene rings is 1. The minimum atomic E-state index is -0.910. The van der Waals surface area contributed by atoms with Crippen LogP contribution in [0.1, 0.15) is 42.0 Å². The second kappa shape index (κ2) is 8.75. The summed E-state index contributed by atoms with van der Waals surface area (Å²) < 4.78 is 10.8. The molecule has 0 radical (unpaired) electrons. The SMILES string of the molecule is CCOC(=O)OC1=C(c2c(C)cc(C)cc2C)C(=O)N(OC)C12CCN(OC)CC2. The number of carbonyl (C=O) groups is 2. The van der Waals surface area contributed by atoms with E-state index in [2.05, 4.69) is 0 Å². The van der Waals surface area contributed by atoms with Crippen LogP contribution in [0.25, 0.3) is 5.57 Å². The second-order valence-corrected chi connectivity index (χ2v) is 7.69. The van der Waals surface area contributed by atoms with Crippen LogP contribution in [0, 0.1) is 20.8 Å². The lowest BCUT2D eigenvalue weighted by atomic mass is 9.84. The van der Waals surface area contributed by atoms with E-state index in [1.165, 1.54) is 12.2 Å². The van der Waals surface area contributed by atoms with E-state index in [4.69, 9.17) is 19.1 Å². The fourth-order valence-electron chi connectivity index (χ4n) is 4.62. The Hall–Kier alpha value is -2.42. The number of amides is 1. The van der Waals surface area contributed by atoms with Gasteiger partial charge in [0.2, 0.25) is 0 Å². The first kappa shape index (κ1) is 22.3. The Bertz CT molecular complexity index is 847. The molecule has 2 heterocycles. The predicted octanol–water partition coefficient (Wildman–Crippen LogP) is 3.30. The van der Waals surface area contributed by atoms with Crippen LogP contribution >= 0.6 is 0 Å². The molecular formula is C22H30N2O6. The molecule has 2 aliphatic heterocycles. The van der Waals surface area contributed by atoms with Gasteiger partial charge in [-0.05, 0) is 57.2 Å². The van der Waals surface area contributed by atoms with Gasteiger partial charge in [0.1, 0.15) is 5.54 Å². The van der Waals surface area contributed by atoms with Crippen LogP contribution in [-0.2, 0) is 23.9 Å². The van der Waals surface area contributed by atoms with Gasteiger partial charge in [0.15, 0.2) is 5.76 Å². The molecule has 3 rings (SSSR count). The van der Waals surface area contributed by atoms with Crippen molar-refractivity contribution in [3.63, 3.8) is 0 Å². The molecule has 1 amide bonds. The second-order valence-electron chi connectivity index (χ2n) is 7.69. The van der Waals surface area contributed by atoms with Crippen LogP contribution < -0.4 is 0 Å². The van der Waals surface area contributed by atoms with Crippen LogP contribution in [0.4, 0.5) is 4.79 Å². The van der Waals surface area contributed by atoms with Crippen molar-refractivity contribution in [1.29, 1.82) is 0 Å². The minimum Gasteiger partial charge on any atom is -0.434 e. The third kappa shape index (κ3) is 3.71.